The number of ether oxygens (including phenoxy) is 1. The number of benzene rings is 3. The third-order valence-corrected chi connectivity index (χ3v) is 10.1. The van der Waals surface area contributed by atoms with Gasteiger partial charge in [-0.15, -0.1) is 0 Å². The summed E-state index contributed by atoms with van der Waals surface area (Å²) in [6, 6.07) is 22.3. The molecule has 0 radical (unpaired) electrons. The summed E-state index contributed by atoms with van der Waals surface area (Å²) in [7, 11) is 5.34. The molecule has 10 nitrogen and oxygen atoms in total. The number of piperazine rings is 1. The smallest absolute Gasteiger partial charge is 0.337 e. The van der Waals surface area contributed by atoms with Crippen LogP contribution in [0.3, 0.4) is 0 Å². The fourth-order valence-electron chi connectivity index (χ4n) is 6.17. The highest BCUT2D eigenvalue weighted by Gasteiger charge is 2.45. The molecule has 3 aromatic rings. The molecule has 1 amide bonds. The number of carbonyl (C=O) groups excluding carboxylic acids is 4. The highest BCUT2D eigenvalue weighted by Crippen LogP contribution is 2.45. The van der Waals surface area contributed by atoms with Gasteiger partial charge in [0.15, 0.2) is 11.6 Å². The number of fused-ring (bicyclic) bond motifs is 1. The number of likely N-dealkylation sites (N-methyl/N-ethyl adjacent to an activating group) is 2. The number of Topliss-reactive ketones (excluding diaryl/α,β-unsaturated/α-hetero) is 2. The van der Waals surface area contributed by atoms with Crippen LogP contribution in [0.2, 0.25) is 0 Å². The van der Waals surface area contributed by atoms with Gasteiger partial charge in [-0.1, -0.05) is 36.4 Å². The van der Waals surface area contributed by atoms with Crippen molar-refractivity contribution in [1.29, 1.82) is 0 Å². The number of esters is 1. The van der Waals surface area contributed by atoms with Gasteiger partial charge in [0, 0.05) is 50.2 Å². The summed E-state index contributed by atoms with van der Waals surface area (Å²) >= 11 is 0. The molecule has 2 aliphatic rings. The Morgan fingerprint density at radius 1 is 0.878 bits per heavy atom. The largest absolute Gasteiger partial charge is 0.465 e. The zero-order chi connectivity index (χ0) is 35.7. The Kier molecular flexibility index (Phi) is 10.1. The van der Waals surface area contributed by atoms with E-state index in [1.807, 2.05) is 80.4 Å². The molecule has 3 aromatic carbocycles. The molecule has 1 saturated heterocycles. The Labute approximate surface area is 289 Å². The summed E-state index contributed by atoms with van der Waals surface area (Å²) in [6.45, 7) is 12.9. The van der Waals surface area contributed by atoms with Crippen LogP contribution in [0.4, 0.5) is 17.1 Å². The van der Waals surface area contributed by atoms with Gasteiger partial charge in [0.1, 0.15) is 5.54 Å². The highest BCUT2D eigenvalue weighted by atomic mass is 16.5. The van der Waals surface area contributed by atoms with Crippen LogP contribution in [0, 0.1) is 0 Å². The molecule has 10 heteroatoms. The maximum Gasteiger partial charge on any atom is 0.337 e. The molecular formula is C39H47N5O5. The van der Waals surface area contributed by atoms with E-state index < -0.39 is 17.0 Å². The first-order valence-corrected chi connectivity index (χ1v) is 16.6. The highest BCUT2D eigenvalue weighted by molar-refractivity contribution is 6.39. The molecule has 0 saturated carbocycles. The molecule has 5 rings (SSSR count). The zero-order valence-corrected chi connectivity index (χ0v) is 29.8. The molecule has 0 spiro atoms. The van der Waals surface area contributed by atoms with Crippen molar-refractivity contribution in [3.05, 3.63) is 89.5 Å². The minimum absolute atomic E-state index is 0.157. The summed E-state index contributed by atoms with van der Waals surface area (Å²) in [5.74, 6) is -0.940. The zero-order valence-electron chi connectivity index (χ0n) is 29.8. The first-order chi connectivity index (χ1) is 23.2. The molecule has 0 aromatic heterocycles. The number of nitrogens with one attached hydrogen (secondary N) is 1. The fraction of sp³-hybridized carbons (Fsp3) is 0.385. The van der Waals surface area contributed by atoms with Crippen molar-refractivity contribution in [3.63, 3.8) is 0 Å². The van der Waals surface area contributed by atoms with Gasteiger partial charge in [-0.05, 0) is 83.6 Å². The van der Waals surface area contributed by atoms with Crippen LogP contribution in [0.1, 0.15) is 56.1 Å². The summed E-state index contributed by atoms with van der Waals surface area (Å²) in [4.78, 5) is 61.3. The molecule has 0 unspecified atom stereocenters. The first kappa shape index (κ1) is 35.5. The molecule has 0 aliphatic carbocycles. The van der Waals surface area contributed by atoms with E-state index >= 15 is 0 Å². The molecule has 258 valence electrons. The van der Waals surface area contributed by atoms with Crippen LogP contribution < -0.4 is 15.1 Å². The number of anilines is 3. The van der Waals surface area contributed by atoms with Crippen molar-refractivity contribution in [2.75, 3.05) is 69.0 Å². The quantitative estimate of drug-likeness (QED) is 0.219. The summed E-state index contributed by atoms with van der Waals surface area (Å²) in [5, 5.41) is 3.50. The Balaban J connectivity index is 1.50. The van der Waals surface area contributed by atoms with E-state index in [-0.39, 0.29) is 23.0 Å². The number of amides is 1. The number of rotatable bonds is 11. The lowest BCUT2D eigenvalue weighted by Gasteiger charge is -2.39. The minimum Gasteiger partial charge on any atom is -0.465 e. The minimum atomic E-state index is -1.19. The van der Waals surface area contributed by atoms with Crippen LogP contribution in [0.5, 0.6) is 0 Å². The number of nitrogens with zero attached hydrogens (tertiary/aromatic N) is 4. The second-order valence-corrected chi connectivity index (χ2v) is 13.9. The van der Waals surface area contributed by atoms with Gasteiger partial charge < -0.3 is 19.9 Å². The van der Waals surface area contributed by atoms with Crippen molar-refractivity contribution in [2.45, 2.75) is 45.7 Å². The number of carbonyl (C=O) groups is 4. The average Bonchev–Trinajstić information content (AvgIpc) is 3.39. The fourth-order valence-corrected chi connectivity index (χ4v) is 6.17. The van der Waals surface area contributed by atoms with E-state index in [1.165, 1.54) is 18.9 Å². The first-order valence-electron chi connectivity index (χ1n) is 16.6. The van der Waals surface area contributed by atoms with Gasteiger partial charge >= 0.3 is 5.97 Å². The Morgan fingerprint density at radius 3 is 2.10 bits per heavy atom. The third kappa shape index (κ3) is 7.02. The van der Waals surface area contributed by atoms with Gasteiger partial charge in [0.2, 0.25) is 0 Å². The summed E-state index contributed by atoms with van der Waals surface area (Å²) in [5.41, 5.74) is 2.72. The molecule has 49 heavy (non-hydrogen) atoms. The summed E-state index contributed by atoms with van der Waals surface area (Å²) in [6.07, 6.45) is 0. The molecular weight excluding hydrogens is 618 g/mol. The predicted octanol–water partition coefficient (Wildman–Crippen LogP) is 5.20. The monoisotopic (exact) mass is 665 g/mol. The van der Waals surface area contributed by atoms with E-state index in [2.05, 4.69) is 22.2 Å². The van der Waals surface area contributed by atoms with E-state index in [9.17, 15) is 19.2 Å². The van der Waals surface area contributed by atoms with E-state index in [4.69, 9.17) is 4.74 Å². The normalized spacial score (nSPS) is 16.7. The molecule has 2 heterocycles. The van der Waals surface area contributed by atoms with Crippen molar-refractivity contribution >= 4 is 51.8 Å². The Morgan fingerprint density at radius 2 is 1.51 bits per heavy atom. The molecule has 1 N–H and O–H groups in total. The van der Waals surface area contributed by atoms with E-state index in [0.29, 0.717) is 29.1 Å². The second kappa shape index (κ2) is 14.0. The number of methoxy groups -OCH3 is 1. The SMILES string of the molecule is COC(=O)c1ccc2c(c1)N(C(C)(C)C(C)=O)C(=O)/C2=C(\Nc1ccc(N(C)C(C)(C)C(=O)CN2CCN(C)CC2)cc1)c1ccccc1. The van der Waals surface area contributed by atoms with Crippen LogP contribution >= 0.6 is 0 Å². The van der Waals surface area contributed by atoms with Crippen LogP contribution in [0.25, 0.3) is 11.3 Å². The predicted molar refractivity (Wildman–Crippen MR) is 195 cm³/mol. The van der Waals surface area contributed by atoms with Crippen molar-refractivity contribution in [1.82, 2.24) is 9.80 Å². The Bertz CT molecular complexity index is 1770. The standard InChI is InChI=1S/C39H47N5O5/c1-26(45)38(2,3)44-32-24-28(37(48)49-8)14-19-31(32)34(36(44)47)35(27-12-10-9-11-13-27)40-29-15-17-30(18-16-29)42(7)39(4,5)33(46)25-43-22-20-41(6)21-23-43/h9-19,24,40H,20-23,25H2,1-8H3/b35-34-. The molecule has 1 fully saturated rings. The van der Waals surface area contributed by atoms with Crippen LogP contribution in [0.15, 0.2) is 72.8 Å². The average molecular weight is 666 g/mol. The van der Waals surface area contributed by atoms with E-state index in [1.54, 1.807) is 32.0 Å². The lowest BCUT2D eigenvalue weighted by Crippen LogP contribution is -2.54. The van der Waals surface area contributed by atoms with Crippen LogP contribution in [-0.4, -0.2) is 98.2 Å². The molecule has 0 atom stereocenters. The number of hydrogen-bond acceptors (Lipinski definition) is 9. The maximum absolute atomic E-state index is 14.5. The van der Waals surface area contributed by atoms with Gasteiger partial charge in [-0.3, -0.25) is 24.2 Å². The number of hydrogen-bond donors (Lipinski definition) is 1. The van der Waals surface area contributed by atoms with Crippen molar-refractivity contribution in [2.24, 2.45) is 0 Å². The summed E-state index contributed by atoms with van der Waals surface area (Å²) < 4.78 is 4.95. The van der Waals surface area contributed by atoms with Gasteiger partial charge in [-0.2, -0.15) is 0 Å². The van der Waals surface area contributed by atoms with E-state index in [0.717, 1.165) is 43.1 Å². The van der Waals surface area contributed by atoms with Gasteiger partial charge in [-0.25, -0.2) is 4.79 Å². The lowest BCUT2D eigenvalue weighted by molar-refractivity contribution is -0.124. The maximum atomic E-state index is 14.5. The van der Waals surface area contributed by atoms with Crippen molar-refractivity contribution in [3.8, 4) is 0 Å². The topological polar surface area (TPSA) is 102 Å². The molecule has 2 aliphatic heterocycles. The lowest BCUT2D eigenvalue weighted by atomic mass is 9.95. The second-order valence-electron chi connectivity index (χ2n) is 13.9. The number of ketones is 2. The van der Waals surface area contributed by atoms with Crippen LogP contribution in [-0.2, 0) is 19.1 Å². The third-order valence-electron chi connectivity index (χ3n) is 10.1. The Hall–Kier alpha value is -4.80. The van der Waals surface area contributed by atoms with Gasteiger partial charge in [0.05, 0.1) is 41.7 Å². The molecule has 0 bridgehead atoms. The van der Waals surface area contributed by atoms with Crippen molar-refractivity contribution < 1.29 is 23.9 Å². The van der Waals surface area contributed by atoms with Gasteiger partial charge in [0.25, 0.3) is 5.91 Å².